The van der Waals surface area contributed by atoms with Gasteiger partial charge in [0.1, 0.15) is 16.6 Å². The molecular weight excluding hydrogens is 568 g/mol. The summed E-state index contributed by atoms with van der Waals surface area (Å²) in [5.41, 5.74) is 6.70. The van der Waals surface area contributed by atoms with E-state index in [-0.39, 0.29) is 12.2 Å². The zero-order valence-electron chi connectivity index (χ0n) is 24.2. The molecule has 5 aromatic rings. The van der Waals surface area contributed by atoms with Crippen molar-refractivity contribution >= 4 is 34.3 Å². The number of carbonyl (C=O) groups excluding carboxylic acids is 2. The van der Waals surface area contributed by atoms with Crippen molar-refractivity contribution in [2.45, 2.75) is 32.6 Å². The van der Waals surface area contributed by atoms with Crippen LogP contribution in [0.3, 0.4) is 0 Å². The van der Waals surface area contributed by atoms with Crippen molar-refractivity contribution in [1.82, 2.24) is 9.78 Å². The predicted octanol–water partition coefficient (Wildman–Crippen LogP) is 7.87. The average molecular weight is 599 g/mol. The third kappa shape index (κ3) is 5.96. The quantitative estimate of drug-likeness (QED) is 0.111. The lowest BCUT2D eigenvalue weighted by molar-refractivity contribution is -0.112. The van der Waals surface area contributed by atoms with Crippen LogP contribution >= 0.6 is 11.3 Å². The molecule has 6 rings (SSSR count). The zero-order valence-corrected chi connectivity index (χ0v) is 25.1. The molecule has 0 fully saturated rings. The van der Waals surface area contributed by atoms with Crippen LogP contribution in [0, 0.1) is 11.3 Å². The molecule has 0 saturated heterocycles. The number of benzene rings is 3. The van der Waals surface area contributed by atoms with Crippen molar-refractivity contribution in [3.05, 3.63) is 118 Å². The number of amides is 1. The smallest absolute Gasteiger partial charge is 0.341 e. The minimum atomic E-state index is -0.563. The second-order valence-corrected chi connectivity index (χ2v) is 11.5. The summed E-state index contributed by atoms with van der Waals surface area (Å²) in [6.07, 6.45) is 5.22. The van der Waals surface area contributed by atoms with Gasteiger partial charge < -0.3 is 10.1 Å². The second kappa shape index (κ2) is 12.9. The summed E-state index contributed by atoms with van der Waals surface area (Å²) in [4.78, 5) is 27.2. The number of nitriles is 1. The van der Waals surface area contributed by atoms with E-state index in [0.29, 0.717) is 16.1 Å². The summed E-state index contributed by atoms with van der Waals surface area (Å²) < 4.78 is 7.20. The van der Waals surface area contributed by atoms with Gasteiger partial charge in [-0.15, -0.1) is 11.3 Å². The fourth-order valence-corrected chi connectivity index (χ4v) is 6.69. The molecule has 8 heteroatoms. The van der Waals surface area contributed by atoms with E-state index >= 15 is 0 Å². The van der Waals surface area contributed by atoms with E-state index < -0.39 is 11.9 Å². The number of anilines is 1. The summed E-state index contributed by atoms with van der Waals surface area (Å²) in [6, 6.07) is 31.7. The Morgan fingerprint density at radius 1 is 0.977 bits per heavy atom. The highest BCUT2D eigenvalue weighted by atomic mass is 32.1. The Hall–Kier alpha value is -5.26. The number of nitrogens with zero attached hydrogens (tertiary/aromatic N) is 3. The minimum absolute atomic E-state index is 0.0608. The topological polar surface area (TPSA) is 97.0 Å². The van der Waals surface area contributed by atoms with Gasteiger partial charge in [0.05, 0.1) is 29.2 Å². The van der Waals surface area contributed by atoms with Gasteiger partial charge in [0.2, 0.25) is 0 Å². The fraction of sp³-hybridized carbons (Fsp3) is 0.167. The first kappa shape index (κ1) is 28.8. The van der Waals surface area contributed by atoms with Crippen LogP contribution < -0.4 is 5.32 Å². The summed E-state index contributed by atoms with van der Waals surface area (Å²) in [5.74, 6) is -1.00. The molecular formula is C36H30N4O3S. The highest BCUT2D eigenvalue weighted by Crippen LogP contribution is 2.39. The maximum Gasteiger partial charge on any atom is 0.341 e. The van der Waals surface area contributed by atoms with Gasteiger partial charge in [-0.25, -0.2) is 9.48 Å². The lowest BCUT2D eigenvalue weighted by Gasteiger charge is -2.12. The molecule has 1 amide bonds. The van der Waals surface area contributed by atoms with Gasteiger partial charge >= 0.3 is 5.97 Å². The molecule has 0 atom stereocenters. The maximum atomic E-state index is 13.3. The van der Waals surface area contributed by atoms with Crippen molar-refractivity contribution in [3.63, 3.8) is 0 Å². The average Bonchev–Trinajstić information content (AvgIpc) is 3.67. The molecule has 218 valence electrons. The van der Waals surface area contributed by atoms with Crippen LogP contribution in [0.4, 0.5) is 5.00 Å². The van der Waals surface area contributed by atoms with Gasteiger partial charge in [0, 0.05) is 16.0 Å². The molecule has 0 radical (unpaired) electrons. The van der Waals surface area contributed by atoms with Crippen molar-refractivity contribution in [1.29, 1.82) is 5.26 Å². The molecule has 44 heavy (non-hydrogen) atoms. The Kier molecular flexibility index (Phi) is 8.48. The standard InChI is InChI=1S/C36H30N4O3S/c1-2-43-36(42)33-29-15-9-10-16-32(29)44-35(33)38-34(41)27(23-37)21-24-17-19-28(20-18-24)40-31(26-13-7-4-8-14-26)22-30(39-40)25-11-5-3-6-12-25/h3-8,11-14,17-22H,2,9-10,15-16H2,1H3,(H,38,41). The second-order valence-electron chi connectivity index (χ2n) is 10.4. The number of hydrogen-bond donors (Lipinski definition) is 1. The molecule has 1 aliphatic rings. The van der Waals surface area contributed by atoms with Crippen LogP contribution in [0.25, 0.3) is 34.3 Å². The van der Waals surface area contributed by atoms with Crippen molar-refractivity contribution in [2.24, 2.45) is 0 Å². The van der Waals surface area contributed by atoms with Crippen LogP contribution in [0.2, 0.25) is 0 Å². The van der Waals surface area contributed by atoms with Gasteiger partial charge in [-0.05, 0) is 68.0 Å². The van der Waals surface area contributed by atoms with Crippen molar-refractivity contribution in [3.8, 4) is 34.3 Å². The molecule has 2 aromatic heterocycles. The highest BCUT2D eigenvalue weighted by Gasteiger charge is 2.28. The Morgan fingerprint density at radius 2 is 1.66 bits per heavy atom. The Labute approximate surface area is 260 Å². The number of esters is 1. The Balaban J connectivity index is 1.28. The third-order valence-corrected chi connectivity index (χ3v) is 8.75. The molecule has 2 heterocycles. The normalized spacial score (nSPS) is 12.7. The van der Waals surface area contributed by atoms with E-state index in [2.05, 4.69) is 23.5 Å². The number of nitrogens with one attached hydrogen (secondary N) is 1. The Bertz CT molecular complexity index is 1880. The number of rotatable bonds is 8. The van der Waals surface area contributed by atoms with E-state index in [0.717, 1.165) is 64.3 Å². The SMILES string of the molecule is CCOC(=O)c1c(NC(=O)C(C#N)=Cc2ccc(-n3nc(-c4ccccc4)cc3-c3ccccc3)cc2)sc2c1CCCC2. The summed E-state index contributed by atoms with van der Waals surface area (Å²) in [6.45, 7) is 2.00. The summed E-state index contributed by atoms with van der Waals surface area (Å²) in [7, 11) is 0. The summed E-state index contributed by atoms with van der Waals surface area (Å²) >= 11 is 1.40. The van der Waals surface area contributed by atoms with E-state index in [1.54, 1.807) is 13.0 Å². The largest absolute Gasteiger partial charge is 0.462 e. The van der Waals surface area contributed by atoms with Gasteiger partial charge in [-0.1, -0.05) is 72.8 Å². The lowest BCUT2D eigenvalue weighted by atomic mass is 9.95. The van der Waals surface area contributed by atoms with Crippen LogP contribution in [-0.4, -0.2) is 28.3 Å². The number of aromatic nitrogens is 2. The molecule has 0 bridgehead atoms. The molecule has 0 spiro atoms. The molecule has 7 nitrogen and oxygen atoms in total. The molecule has 0 unspecified atom stereocenters. The van der Waals surface area contributed by atoms with E-state index in [4.69, 9.17) is 9.84 Å². The number of hydrogen-bond acceptors (Lipinski definition) is 6. The number of aryl methyl sites for hydroxylation is 1. The first-order chi connectivity index (χ1) is 21.6. The van der Waals surface area contributed by atoms with Crippen LogP contribution in [0.1, 0.15) is 46.1 Å². The predicted molar refractivity (Wildman–Crippen MR) is 174 cm³/mol. The number of fused-ring (bicyclic) bond motifs is 1. The minimum Gasteiger partial charge on any atom is -0.462 e. The first-order valence-electron chi connectivity index (χ1n) is 14.6. The number of thiophene rings is 1. The third-order valence-electron chi connectivity index (χ3n) is 7.54. The zero-order chi connectivity index (χ0) is 30.5. The van der Waals surface area contributed by atoms with Gasteiger partial charge in [-0.3, -0.25) is 4.79 Å². The van der Waals surface area contributed by atoms with E-state index in [1.807, 2.05) is 83.5 Å². The molecule has 1 N–H and O–H groups in total. The molecule has 1 aliphatic carbocycles. The molecule has 3 aromatic carbocycles. The van der Waals surface area contributed by atoms with Crippen LogP contribution in [-0.2, 0) is 22.4 Å². The van der Waals surface area contributed by atoms with Gasteiger partial charge in [-0.2, -0.15) is 10.4 Å². The number of carbonyl (C=O) groups is 2. The fourth-order valence-electron chi connectivity index (χ4n) is 5.41. The van der Waals surface area contributed by atoms with Gasteiger partial charge in [0.15, 0.2) is 0 Å². The molecule has 0 aliphatic heterocycles. The first-order valence-corrected chi connectivity index (χ1v) is 15.4. The van der Waals surface area contributed by atoms with Crippen molar-refractivity contribution < 1.29 is 14.3 Å². The maximum absolute atomic E-state index is 13.3. The summed E-state index contributed by atoms with van der Waals surface area (Å²) in [5, 5.41) is 18.1. The molecule has 0 saturated carbocycles. The lowest BCUT2D eigenvalue weighted by Crippen LogP contribution is -2.16. The monoisotopic (exact) mass is 598 g/mol. The van der Waals surface area contributed by atoms with E-state index in [1.165, 1.54) is 11.3 Å². The van der Waals surface area contributed by atoms with Crippen LogP contribution in [0.15, 0.2) is 96.6 Å². The highest BCUT2D eigenvalue weighted by molar-refractivity contribution is 7.17. The Morgan fingerprint density at radius 3 is 2.34 bits per heavy atom. The van der Waals surface area contributed by atoms with Gasteiger partial charge in [0.25, 0.3) is 5.91 Å². The number of ether oxygens (including phenoxy) is 1. The van der Waals surface area contributed by atoms with Crippen LogP contribution in [0.5, 0.6) is 0 Å². The van der Waals surface area contributed by atoms with E-state index in [9.17, 15) is 14.9 Å². The van der Waals surface area contributed by atoms with Crippen molar-refractivity contribution in [2.75, 3.05) is 11.9 Å².